The van der Waals surface area contributed by atoms with Crippen LogP contribution < -0.4 is 5.32 Å². The van der Waals surface area contributed by atoms with Gasteiger partial charge in [0.1, 0.15) is 0 Å². The number of carboxylic acids is 2. The van der Waals surface area contributed by atoms with E-state index in [0.29, 0.717) is 6.54 Å². The molecule has 3 N–H and O–H groups in total. The molecule has 0 aromatic carbocycles. The van der Waals surface area contributed by atoms with Gasteiger partial charge in [0.05, 0.1) is 6.54 Å². The maximum atomic E-state index is 12.0. The number of amides is 1. The highest BCUT2D eigenvalue weighted by Gasteiger charge is 2.19. The second kappa shape index (κ2) is 10.7. The van der Waals surface area contributed by atoms with Gasteiger partial charge in [-0.15, -0.1) is 11.3 Å². The molecule has 0 unspecified atom stereocenters. The summed E-state index contributed by atoms with van der Waals surface area (Å²) < 4.78 is 0. The molecule has 0 bridgehead atoms. The number of aliphatic carboxylic acids is 2. The minimum Gasteiger partial charge on any atom is -0.473 e. The molecule has 0 saturated carbocycles. The zero-order valence-corrected chi connectivity index (χ0v) is 14.6. The Hall–Kier alpha value is -1.93. The molecule has 23 heavy (non-hydrogen) atoms. The molecule has 0 saturated heterocycles. The average Bonchev–Trinajstić information content (AvgIpc) is 2.91. The van der Waals surface area contributed by atoms with Crippen molar-refractivity contribution >= 4 is 29.2 Å². The van der Waals surface area contributed by atoms with E-state index in [1.807, 2.05) is 16.3 Å². The molecular formula is C15H24N2O5S. The Kier molecular flexibility index (Phi) is 9.84. The van der Waals surface area contributed by atoms with Crippen LogP contribution in [0.2, 0.25) is 0 Å². The smallest absolute Gasteiger partial charge is 0.414 e. The van der Waals surface area contributed by atoms with Crippen molar-refractivity contribution in [3.05, 3.63) is 22.4 Å². The molecule has 0 aliphatic carbocycles. The van der Waals surface area contributed by atoms with Gasteiger partial charge in [0.2, 0.25) is 5.91 Å². The maximum Gasteiger partial charge on any atom is 0.414 e. The Morgan fingerprint density at radius 3 is 2.00 bits per heavy atom. The van der Waals surface area contributed by atoms with E-state index >= 15 is 0 Å². The molecule has 0 aliphatic heterocycles. The second-order valence-corrected chi connectivity index (χ2v) is 6.31. The normalized spacial score (nSPS) is 10.2. The highest BCUT2D eigenvalue weighted by atomic mass is 32.1. The molecule has 0 radical (unpaired) electrons. The summed E-state index contributed by atoms with van der Waals surface area (Å²) in [6.45, 7) is 9.39. The monoisotopic (exact) mass is 344 g/mol. The maximum absolute atomic E-state index is 12.0. The summed E-state index contributed by atoms with van der Waals surface area (Å²) >= 11 is 1.71. The minimum atomic E-state index is -1.82. The van der Waals surface area contributed by atoms with Crippen LogP contribution in [-0.4, -0.2) is 51.6 Å². The van der Waals surface area contributed by atoms with Crippen molar-refractivity contribution < 1.29 is 24.6 Å². The predicted octanol–water partition coefficient (Wildman–Crippen LogP) is 1.64. The number of hydrogen-bond donors (Lipinski definition) is 3. The summed E-state index contributed by atoms with van der Waals surface area (Å²) in [5.74, 6) is -3.48. The van der Waals surface area contributed by atoms with E-state index in [4.69, 9.17) is 19.8 Å². The van der Waals surface area contributed by atoms with E-state index < -0.39 is 11.9 Å². The second-order valence-electron chi connectivity index (χ2n) is 5.28. The number of rotatable bonds is 6. The number of nitrogens with zero attached hydrogens (tertiary/aromatic N) is 1. The molecule has 0 fully saturated rings. The Morgan fingerprint density at radius 2 is 1.65 bits per heavy atom. The van der Waals surface area contributed by atoms with Crippen LogP contribution in [0.5, 0.6) is 0 Å². The molecule has 1 rings (SSSR count). The average molecular weight is 344 g/mol. The summed E-state index contributed by atoms with van der Waals surface area (Å²) in [6, 6.07) is 4.61. The molecule has 8 heteroatoms. The Morgan fingerprint density at radius 1 is 1.13 bits per heavy atom. The number of thiophene rings is 1. The van der Waals surface area contributed by atoms with Gasteiger partial charge in [-0.3, -0.25) is 4.79 Å². The van der Waals surface area contributed by atoms with Gasteiger partial charge in [-0.25, -0.2) is 9.59 Å². The molecule has 1 aromatic rings. The standard InChI is InChI=1S/C13H22N2OS.C2H2O4/c1-10(2)15(11(3)4)13(16)9-14-8-12-6-5-7-17-12;3-1(4)2(5)6/h5-7,10-11,14H,8-9H2,1-4H3;(H,3,4)(H,5,6). The lowest BCUT2D eigenvalue weighted by Gasteiger charge is -2.30. The lowest BCUT2D eigenvalue weighted by atomic mass is 10.2. The van der Waals surface area contributed by atoms with Crippen LogP contribution in [0, 0.1) is 0 Å². The molecule has 1 heterocycles. The van der Waals surface area contributed by atoms with E-state index in [0.717, 1.165) is 6.54 Å². The Bertz CT molecular complexity index is 480. The first-order valence-electron chi connectivity index (χ1n) is 7.17. The van der Waals surface area contributed by atoms with E-state index in [1.54, 1.807) is 11.3 Å². The Labute approximate surface area is 139 Å². The highest BCUT2D eigenvalue weighted by Crippen LogP contribution is 2.08. The first-order chi connectivity index (χ1) is 10.7. The fourth-order valence-corrected chi connectivity index (χ4v) is 2.64. The van der Waals surface area contributed by atoms with Crippen molar-refractivity contribution in [2.75, 3.05) is 6.54 Å². The zero-order chi connectivity index (χ0) is 18.0. The fraction of sp³-hybridized carbons (Fsp3) is 0.533. The van der Waals surface area contributed by atoms with Crippen LogP contribution in [0.25, 0.3) is 0 Å². The van der Waals surface area contributed by atoms with Crippen molar-refractivity contribution in [3.8, 4) is 0 Å². The van der Waals surface area contributed by atoms with Gasteiger partial charge in [-0.1, -0.05) is 6.07 Å². The topological polar surface area (TPSA) is 107 Å². The van der Waals surface area contributed by atoms with Gasteiger partial charge >= 0.3 is 11.9 Å². The molecule has 1 aromatic heterocycles. The van der Waals surface area contributed by atoms with E-state index in [2.05, 4.69) is 39.1 Å². The van der Waals surface area contributed by atoms with Crippen LogP contribution in [0.15, 0.2) is 17.5 Å². The number of carbonyl (C=O) groups is 3. The van der Waals surface area contributed by atoms with Crippen LogP contribution in [0.3, 0.4) is 0 Å². The number of carbonyl (C=O) groups excluding carboxylic acids is 1. The quantitative estimate of drug-likeness (QED) is 0.677. The largest absolute Gasteiger partial charge is 0.473 e. The molecule has 1 amide bonds. The zero-order valence-electron chi connectivity index (χ0n) is 13.8. The van der Waals surface area contributed by atoms with Crippen LogP contribution in [0.4, 0.5) is 0 Å². The predicted molar refractivity (Wildman–Crippen MR) is 88.4 cm³/mol. The molecule has 7 nitrogen and oxygen atoms in total. The third-order valence-electron chi connectivity index (χ3n) is 2.74. The van der Waals surface area contributed by atoms with Crippen molar-refractivity contribution in [1.29, 1.82) is 0 Å². The molecule has 0 atom stereocenters. The van der Waals surface area contributed by atoms with Gasteiger partial charge in [-0.05, 0) is 39.1 Å². The third kappa shape index (κ3) is 8.94. The molecule has 130 valence electrons. The van der Waals surface area contributed by atoms with Crippen molar-refractivity contribution in [2.45, 2.75) is 46.3 Å². The van der Waals surface area contributed by atoms with E-state index in [-0.39, 0.29) is 18.0 Å². The molecular weight excluding hydrogens is 320 g/mol. The third-order valence-corrected chi connectivity index (χ3v) is 3.62. The lowest BCUT2D eigenvalue weighted by molar-refractivity contribution is -0.159. The lowest BCUT2D eigenvalue weighted by Crippen LogP contribution is -2.46. The summed E-state index contributed by atoms with van der Waals surface area (Å²) in [5.41, 5.74) is 0. The first kappa shape index (κ1) is 21.1. The highest BCUT2D eigenvalue weighted by molar-refractivity contribution is 7.09. The van der Waals surface area contributed by atoms with Crippen molar-refractivity contribution in [2.24, 2.45) is 0 Å². The van der Waals surface area contributed by atoms with Crippen LogP contribution in [-0.2, 0) is 20.9 Å². The summed E-state index contributed by atoms with van der Waals surface area (Å²) in [4.78, 5) is 33.4. The van der Waals surface area contributed by atoms with Crippen molar-refractivity contribution in [1.82, 2.24) is 10.2 Å². The summed E-state index contributed by atoms with van der Waals surface area (Å²) in [7, 11) is 0. The van der Waals surface area contributed by atoms with E-state index in [9.17, 15) is 4.79 Å². The number of carboxylic acid groups (broad SMARTS) is 2. The van der Waals surface area contributed by atoms with Gasteiger partial charge in [0.15, 0.2) is 0 Å². The van der Waals surface area contributed by atoms with Gasteiger partial charge in [0.25, 0.3) is 0 Å². The SMILES string of the molecule is CC(C)N(C(=O)CNCc1cccs1)C(C)C.O=C(O)C(=O)O. The molecule has 0 aliphatic rings. The van der Waals surface area contributed by atoms with Gasteiger partial charge < -0.3 is 20.4 Å². The van der Waals surface area contributed by atoms with Crippen LogP contribution in [0.1, 0.15) is 32.6 Å². The van der Waals surface area contributed by atoms with Crippen molar-refractivity contribution in [3.63, 3.8) is 0 Å². The van der Waals surface area contributed by atoms with E-state index in [1.165, 1.54) is 4.88 Å². The summed E-state index contributed by atoms with van der Waals surface area (Å²) in [6.07, 6.45) is 0. The summed E-state index contributed by atoms with van der Waals surface area (Å²) in [5, 5.41) is 20.0. The number of hydrogen-bond acceptors (Lipinski definition) is 5. The minimum absolute atomic E-state index is 0.173. The Balaban J connectivity index is 0.000000688. The number of nitrogens with one attached hydrogen (secondary N) is 1. The van der Waals surface area contributed by atoms with Gasteiger partial charge in [0, 0.05) is 23.5 Å². The van der Waals surface area contributed by atoms with Crippen LogP contribution >= 0.6 is 11.3 Å². The molecule has 0 spiro atoms. The first-order valence-corrected chi connectivity index (χ1v) is 8.05. The van der Waals surface area contributed by atoms with Gasteiger partial charge in [-0.2, -0.15) is 0 Å². The fourth-order valence-electron chi connectivity index (χ4n) is 1.97.